The summed E-state index contributed by atoms with van der Waals surface area (Å²) in [4.78, 5) is 35.9. The molecular weight excluding hydrogens is 284 g/mol. The van der Waals surface area contributed by atoms with Crippen molar-refractivity contribution in [2.45, 2.75) is 59.2 Å². The van der Waals surface area contributed by atoms with Crippen LogP contribution in [0.15, 0.2) is 11.1 Å². The summed E-state index contributed by atoms with van der Waals surface area (Å²) < 4.78 is 10.9. The van der Waals surface area contributed by atoms with E-state index in [1.807, 2.05) is 20.8 Å². The van der Waals surface area contributed by atoms with Crippen LogP contribution < -0.4 is 0 Å². The molecule has 0 N–H and O–H groups in total. The fourth-order valence-corrected chi connectivity index (χ4v) is 4.33. The molecule has 5 heteroatoms. The molecule has 0 aromatic heterocycles. The molecule has 1 saturated heterocycles. The van der Waals surface area contributed by atoms with Crippen molar-refractivity contribution >= 4 is 17.7 Å². The van der Waals surface area contributed by atoms with Crippen molar-refractivity contribution < 1.29 is 23.9 Å². The van der Waals surface area contributed by atoms with Gasteiger partial charge in [0.1, 0.15) is 18.0 Å². The van der Waals surface area contributed by atoms with Crippen molar-refractivity contribution in [3.8, 4) is 0 Å². The zero-order valence-electron chi connectivity index (χ0n) is 13.5. The lowest BCUT2D eigenvalue weighted by Gasteiger charge is -2.46. The Balaban J connectivity index is 2.07. The maximum Gasteiger partial charge on any atom is 0.309 e. The Morgan fingerprint density at radius 3 is 2.68 bits per heavy atom. The molecule has 120 valence electrons. The lowest BCUT2D eigenvalue weighted by Crippen LogP contribution is -2.48. The number of Topliss-reactive ketones (excluding diaryl/α,β-unsaturated/α-hetero) is 1. The molecule has 1 aliphatic heterocycles. The number of ketones is 1. The van der Waals surface area contributed by atoms with Crippen LogP contribution in [0.3, 0.4) is 0 Å². The van der Waals surface area contributed by atoms with Crippen LogP contribution in [0.1, 0.15) is 47.0 Å². The first-order valence-corrected chi connectivity index (χ1v) is 7.88. The highest BCUT2D eigenvalue weighted by atomic mass is 16.6. The summed E-state index contributed by atoms with van der Waals surface area (Å²) in [5.41, 5.74) is 1.17. The van der Waals surface area contributed by atoms with Crippen molar-refractivity contribution in [1.82, 2.24) is 0 Å². The Bertz CT molecular complexity index is 590. The van der Waals surface area contributed by atoms with E-state index in [2.05, 4.69) is 0 Å². The van der Waals surface area contributed by atoms with Gasteiger partial charge < -0.3 is 9.47 Å². The third-order valence-corrected chi connectivity index (χ3v) is 5.70. The van der Waals surface area contributed by atoms with Crippen LogP contribution in [-0.2, 0) is 23.9 Å². The van der Waals surface area contributed by atoms with Crippen LogP contribution in [0.4, 0.5) is 0 Å². The first kappa shape index (κ1) is 15.3. The smallest absolute Gasteiger partial charge is 0.309 e. The quantitative estimate of drug-likeness (QED) is 0.548. The van der Waals surface area contributed by atoms with Crippen LogP contribution in [0.2, 0.25) is 0 Å². The molecule has 0 aromatic carbocycles. The lowest BCUT2D eigenvalue weighted by atomic mass is 9.58. The van der Waals surface area contributed by atoms with Crippen molar-refractivity contribution in [2.24, 2.45) is 17.3 Å². The Labute approximate surface area is 130 Å². The number of hydrogen-bond donors (Lipinski definition) is 0. The maximum absolute atomic E-state index is 12.7. The number of ether oxygens (including phenoxy) is 2. The van der Waals surface area contributed by atoms with Crippen LogP contribution in [-0.4, -0.2) is 29.9 Å². The molecule has 0 spiro atoms. The number of carbonyl (C=O) groups excluding carboxylic acids is 3. The minimum atomic E-state index is -0.591. The van der Waals surface area contributed by atoms with Crippen molar-refractivity contribution in [2.75, 3.05) is 0 Å². The summed E-state index contributed by atoms with van der Waals surface area (Å²) in [5, 5.41) is 0. The van der Waals surface area contributed by atoms with Gasteiger partial charge >= 0.3 is 11.9 Å². The topological polar surface area (TPSA) is 69.7 Å². The third kappa shape index (κ3) is 2.02. The summed E-state index contributed by atoms with van der Waals surface area (Å²) in [5.74, 6) is -0.533. The molecule has 3 aliphatic rings. The summed E-state index contributed by atoms with van der Waals surface area (Å²) in [7, 11) is 0. The molecule has 1 saturated carbocycles. The van der Waals surface area contributed by atoms with E-state index in [0.29, 0.717) is 0 Å². The first-order valence-electron chi connectivity index (χ1n) is 7.88. The zero-order chi connectivity index (χ0) is 16.2. The van der Waals surface area contributed by atoms with E-state index in [4.69, 9.17) is 9.47 Å². The highest BCUT2D eigenvalue weighted by molar-refractivity contribution is 5.91. The highest BCUT2D eigenvalue weighted by Gasteiger charge is 2.57. The molecule has 0 unspecified atom stereocenters. The zero-order valence-corrected chi connectivity index (χ0v) is 13.5. The second-order valence-corrected chi connectivity index (χ2v) is 7.00. The molecule has 1 heterocycles. The molecular formula is C17H22O5. The number of carbonyl (C=O) groups is 3. The summed E-state index contributed by atoms with van der Waals surface area (Å²) in [6, 6.07) is 0. The van der Waals surface area contributed by atoms with Gasteiger partial charge in [-0.15, -0.1) is 0 Å². The van der Waals surface area contributed by atoms with Gasteiger partial charge in [-0.2, -0.15) is 0 Å². The van der Waals surface area contributed by atoms with Gasteiger partial charge in [-0.25, -0.2) is 0 Å². The normalized spacial score (nSPS) is 40.9. The largest absolute Gasteiger partial charge is 0.458 e. The van der Waals surface area contributed by atoms with Gasteiger partial charge in [-0.3, -0.25) is 14.4 Å². The second kappa shape index (κ2) is 4.93. The minimum absolute atomic E-state index is 0.0772. The monoisotopic (exact) mass is 306 g/mol. The molecule has 5 nitrogen and oxygen atoms in total. The molecule has 2 fully saturated rings. The van der Waals surface area contributed by atoms with Gasteiger partial charge in [0.25, 0.3) is 0 Å². The SMILES string of the molecule is CC(=O)O[C@@H]1CC(=O)[C@]2(C)CC[C@H]3[C@H](C)C(=O)O[C@@H]3C2=C1C. The average Bonchev–Trinajstić information content (AvgIpc) is 2.71. The van der Waals surface area contributed by atoms with Gasteiger partial charge in [0, 0.05) is 19.3 Å². The average molecular weight is 306 g/mol. The van der Waals surface area contributed by atoms with Crippen molar-refractivity contribution in [1.29, 1.82) is 0 Å². The van der Waals surface area contributed by atoms with Crippen LogP contribution in [0.25, 0.3) is 0 Å². The second-order valence-electron chi connectivity index (χ2n) is 7.00. The summed E-state index contributed by atoms with van der Waals surface area (Å²) >= 11 is 0. The maximum atomic E-state index is 12.7. The van der Waals surface area contributed by atoms with Gasteiger partial charge in [0.15, 0.2) is 0 Å². The van der Waals surface area contributed by atoms with E-state index in [-0.39, 0.29) is 36.1 Å². The van der Waals surface area contributed by atoms with Gasteiger partial charge in [-0.1, -0.05) is 6.92 Å². The van der Waals surface area contributed by atoms with Gasteiger partial charge in [0.05, 0.1) is 11.3 Å². The predicted molar refractivity (Wildman–Crippen MR) is 77.8 cm³/mol. The Morgan fingerprint density at radius 1 is 1.36 bits per heavy atom. The van der Waals surface area contributed by atoms with Crippen molar-refractivity contribution in [3.63, 3.8) is 0 Å². The minimum Gasteiger partial charge on any atom is -0.458 e. The molecule has 3 rings (SSSR count). The lowest BCUT2D eigenvalue weighted by molar-refractivity contribution is -0.150. The highest BCUT2D eigenvalue weighted by Crippen LogP contribution is 2.54. The molecule has 2 aliphatic carbocycles. The first-order chi connectivity index (χ1) is 10.3. The van der Waals surface area contributed by atoms with Crippen LogP contribution in [0.5, 0.6) is 0 Å². The van der Waals surface area contributed by atoms with E-state index in [1.54, 1.807) is 0 Å². The molecule has 0 radical (unpaired) electrons. The molecule has 0 amide bonds. The summed E-state index contributed by atoms with van der Waals surface area (Å²) in [6.07, 6.45) is 0.888. The molecule has 5 atom stereocenters. The summed E-state index contributed by atoms with van der Waals surface area (Å²) in [6.45, 7) is 7.06. The fraction of sp³-hybridized carbons (Fsp3) is 0.706. The fourth-order valence-electron chi connectivity index (χ4n) is 4.33. The van der Waals surface area contributed by atoms with Gasteiger partial charge in [0.2, 0.25) is 0 Å². The standard InChI is InChI=1S/C17H22O5/c1-8-11-5-6-17(4)13(19)7-12(21-10(3)18)9(2)14(17)15(11)22-16(8)20/h8,11-12,15H,5-7H2,1-4H3/t8-,11-,12+,15-,17-/m0/s1. The van der Waals surface area contributed by atoms with E-state index < -0.39 is 17.5 Å². The van der Waals surface area contributed by atoms with Crippen LogP contribution >= 0.6 is 0 Å². The predicted octanol–water partition coefficient (Wildman–Crippen LogP) is 2.19. The van der Waals surface area contributed by atoms with E-state index in [1.165, 1.54) is 6.92 Å². The number of esters is 2. The van der Waals surface area contributed by atoms with E-state index in [0.717, 1.165) is 24.0 Å². The Morgan fingerprint density at radius 2 is 2.05 bits per heavy atom. The molecule has 22 heavy (non-hydrogen) atoms. The third-order valence-electron chi connectivity index (χ3n) is 5.70. The van der Waals surface area contributed by atoms with E-state index in [9.17, 15) is 14.4 Å². The Hall–Kier alpha value is -1.65. The number of hydrogen-bond acceptors (Lipinski definition) is 5. The molecule has 0 aromatic rings. The molecule has 0 bridgehead atoms. The van der Waals surface area contributed by atoms with Gasteiger partial charge in [-0.05, 0) is 37.8 Å². The Kier molecular flexibility index (Phi) is 3.42. The number of fused-ring (bicyclic) bond motifs is 3. The van der Waals surface area contributed by atoms with Crippen LogP contribution in [0, 0.1) is 17.3 Å². The van der Waals surface area contributed by atoms with E-state index >= 15 is 0 Å². The number of rotatable bonds is 1. The van der Waals surface area contributed by atoms with Crippen molar-refractivity contribution in [3.05, 3.63) is 11.1 Å².